The van der Waals surface area contributed by atoms with Gasteiger partial charge >= 0.3 is 5.97 Å². The van der Waals surface area contributed by atoms with E-state index in [0.717, 1.165) is 41.9 Å². The van der Waals surface area contributed by atoms with E-state index in [2.05, 4.69) is 54.9 Å². The Labute approximate surface area is 171 Å². The highest BCUT2D eigenvalue weighted by atomic mass is 16.4. The SMILES string of the molecule is CCc1ccc(Nc2nc3cc(C(=O)O)ccc3n2C2CC(C)CC(C)C2)cc1. The van der Waals surface area contributed by atoms with E-state index in [4.69, 9.17) is 4.98 Å². The van der Waals surface area contributed by atoms with Gasteiger partial charge in [-0.2, -0.15) is 0 Å². The minimum Gasteiger partial charge on any atom is -0.478 e. The Morgan fingerprint density at radius 3 is 2.41 bits per heavy atom. The fraction of sp³-hybridized carbons (Fsp3) is 0.417. The predicted octanol–water partition coefficient (Wildman–Crippen LogP) is 6.04. The second kappa shape index (κ2) is 7.90. The van der Waals surface area contributed by atoms with Gasteiger partial charge in [0.15, 0.2) is 0 Å². The molecule has 1 aromatic heterocycles. The molecule has 0 amide bonds. The lowest BCUT2D eigenvalue weighted by Crippen LogP contribution is -2.23. The predicted molar refractivity (Wildman–Crippen MR) is 117 cm³/mol. The molecule has 2 aromatic carbocycles. The van der Waals surface area contributed by atoms with E-state index in [1.807, 2.05) is 6.07 Å². The molecule has 2 N–H and O–H groups in total. The van der Waals surface area contributed by atoms with Crippen LogP contribution in [0.15, 0.2) is 42.5 Å². The zero-order valence-electron chi connectivity index (χ0n) is 17.4. The van der Waals surface area contributed by atoms with Crippen LogP contribution < -0.4 is 5.32 Å². The Kier molecular flexibility index (Phi) is 5.31. The number of imidazole rings is 1. The molecular formula is C24H29N3O2. The van der Waals surface area contributed by atoms with E-state index >= 15 is 0 Å². The molecule has 5 heteroatoms. The molecule has 0 radical (unpaired) electrons. The van der Waals surface area contributed by atoms with E-state index in [-0.39, 0.29) is 5.56 Å². The molecule has 152 valence electrons. The summed E-state index contributed by atoms with van der Waals surface area (Å²) >= 11 is 0. The van der Waals surface area contributed by atoms with Gasteiger partial charge in [0, 0.05) is 11.7 Å². The standard InChI is InChI=1S/C24H29N3O2/c1-4-17-5-8-19(9-6-17)25-24-26-21-14-18(23(28)29)7-10-22(21)27(24)20-12-15(2)11-16(3)13-20/h5-10,14-16,20H,4,11-13H2,1-3H3,(H,25,26)(H,28,29). The number of rotatable bonds is 5. The number of nitrogens with zero attached hydrogens (tertiary/aromatic N) is 2. The first-order chi connectivity index (χ1) is 13.9. The second-order valence-electron chi connectivity index (χ2n) is 8.56. The maximum Gasteiger partial charge on any atom is 0.335 e. The van der Waals surface area contributed by atoms with Crippen molar-refractivity contribution >= 4 is 28.6 Å². The molecule has 1 aliphatic carbocycles. The van der Waals surface area contributed by atoms with Crippen molar-refractivity contribution in [3.8, 4) is 0 Å². The molecule has 0 spiro atoms. The summed E-state index contributed by atoms with van der Waals surface area (Å²) in [6, 6.07) is 14.0. The molecule has 5 nitrogen and oxygen atoms in total. The molecule has 0 aliphatic heterocycles. The monoisotopic (exact) mass is 391 g/mol. The third-order valence-corrected chi connectivity index (χ3v) is 6.07. The third-order valence-electron chi connectivity index (χ3n) is 6.07. The van der Waals surface area contributed by atoms with Crippen LogP contribution in [-0.2, 0) is 6.42 Å². The Bertz CT molecular complexity index is 1010. The first kappa shape index (κ1) is 19.5. The van der Waals surface area contributed by atoms with E-state index in [1.54, 1.807) is 12.1 Å². The smallest absolute Gasteiger partial charge is 0.335 e. The van der Waals surface area contributed by atoms with Gasteiger partial charge in [-0.15, -0.1) is 0 Å². The van der Waals surface area contributed by atoms with Crippen molar-refractivity contribution in [2.24, 2.45) is 11.8 Å². The lowest BCUT2D eigenvalue weighted by Gasteiger charge is -2.33. The first-order valence-electron chi connectivity index (χ1n) is 10.6. The molecular weight excluding hydrogens is 362 g/mol. The summed E-state index contributed by atoms with van der Waals surface area (Å²) in [6.45, 7) is 6.79. The second-order valence-corrected chi connectivity index (χ2v) is 8.56. The van der Waals surface area contributed by atoms with Gasteiger partial charge in [-0.1, -0.05) is 32.9 Å². The van der Waals surface area contributed by atoms with Crippen LogP contribution in [0.5, 0.6) is 0 Å². The lowest BCUT2D eigenvalue weighted by molar-refractivity contribution is 0.0697. The molecule has 0 saturated heterocycles. The van der Waals surface area contributed by atoms with Crippen molar-refractivity contribution in [1.82, 2.24) is 9.55 Å². The maximum atomic E-state index is 11.4. The normalized spacial score (nSPS) is 22.0. The largest absolute Gasteiger partial charge is 0.478 e. The third kappa shape index (κ3) is 4.00. The summed E-state index contributed by atoms with van der Waals surface area (Å²) in [5, 5.41) is 12.9. The molecule has 1 fully saturated rings. The Balaban J connectivity index is 1.78. The van der Waals surface area contributed by atoms with Gasteiger partial charge in [0.2, 0.25) is 5.95 Å². The van der Waals surface area contributed by atoms with Gasteiger partial charge in [0.25, 0.3) is 0 Å². The fourth-order valence-electron chi connectivity index (χ4n) is 4.76. The molecule has 4 rings (SSSR count). The van der Waals surface area contributed by atoms with Crippen LogP contribution in [0.2, 0.25) is 0 Å². The number of carbonyl (C=O) groups is 1. The Morgan fingerprint density at radius 2 is 1.79 bits per heavy atom. The number of anilines is 2. The van der Waals surface area contributed by atoms with Crippen LogP contribution in [0.1, 0.15) is 62.0 Å². The highest BCUT2D eigenvalue weighted by Crippen LogP contribution is 2.40. The van der Waals surface area contributed by atoms with Crippen LogP contribution in [0.3, 0.4) is 0 Å². The molecule has 2 unspecified atom stereocenters. The summed E-state index contributed by atoms with van der Waals surface area (Å²) in [5.74, 6) is 1.19. The van der Waals surface area contributed by atoms with Gasteiger partial charge in [0.1, 0.15) is 0 Å². The zero-order chi connectivity index (χ0) is 20.5. The van der Waals surface area contributed by atoms with Gasteiger partial charge in [-0.05, 0) is 73.4 Å². The van der Waals surface area contributed by atoms with E-state index in [0.29, 0.717) is 17.9 Å². The number of aromatic carboxylic acids is 1. The number of fused-ring (bicyclic) bond motifs is 1. The number of benzene rings is 2. The minimum absolute atomic E-state index is 0.270. The van der Waals surface area contributed by atoms with Gasteiger partial charge in [-0.3, -0.25) is 0 Å². The highest BCUT2D eigenvalue weighted by molar-refractivity contribution is 5.93. The van der Waals surface area contributed by atoms with Crippen molar-refractivity contribution in [1.29, 1.82) is 0 Å². The summed E-state index contributed by atoms with van der Waals surface area (Å²) in [5.41, 5.74) is 4.28. The first-order valence-corrected chi connectivity index (χ1v) is 10.6. The topological polar surface area (TPSA) is 67.2 Å². The Morgan fingerprint density at radius 1 is 1.10 bits per heavy atom. The molecule has 3 aromatic rings. The highest BCUT2D eigenvalue weighted by Gasteiger charge is 2.28. The molecule has 29 heavy (non-hydrogen) atoms. The van der Waals surface area contributed by atoms with E-state index < -0.39 is 5.97 Å². The van der Waals surface area contributed by atoms with Crippen molar-refractivity contribution in [3.05, 3.63) is 53.6 Å². The summed E-state index contributed by atoms with van der Waals surface area (Å²) in [7, 11) is 0. The molecule has 1 saturated carbocycles. The molecule has 0 bridgehead atoms. The summed E-state index contributed by atoms with van der Waals surface area (Å²) in [6.07, 6.45) is 4.49. The number of nitrogens with one attached hydrogen (secondary N) is 1. The minimum atomic E-state index is -0.925. The Hall–Kier alpha value is -2.82. The van der Waals surface area contributed by atoms with Crippen LogP contribution in [0.25, 0.3) is 11.0 Å². The molecule has 2 atom stereocenters. The van der Waals surface area contributed by atoms with E-state index in [9.17, 15) is 9.90 Å². The fourth-order valence-corrected chi connectivity index (χ4v) is 4.76. The number of hydrogen-bond acceptors (Lipinski definition) is 3. The summed E-state index contributed by atoms with van der Waals surface area (Å²) in [4.78, 5) is 16.2. The van der Waals surface area contributed by atoms with Crippen LogP contribution in [0, 0.1) is 11.8 Å². The van der Waals surface area contributed by atoms with Crippen LogP contribution in [-0.4, -0.2) is 20.6 Å². The lowest BCUT2D eigenvalue weighted by atomic mass is 9.80. The molecule has 1 heterocycles. The number of hydrogen-bond donors (Lipinski definition) is 2. The average molecular weight is 392 g/mol. The number of aryl methyl sites for hydroxylation is 1. The van der Waals surface area contributed by atoms with Crippen molar-refractivity contribution in [2.45, 2.75) is 52.5 Å². The number of aromatic nitrogens is 2. The number of carboxylic acids is 1. The van der Waals surface area contributed by atoms with Crippen LogP contribution >= 0.6 is 0 Å². The zero-order valence-corrected chi connectivity index (χ0v) is 17.4. The maximum absolute atomic E-state index is 11.4. The number of carboxylic acid groups (broad SMARTS) is 1. The van der Waals surface area contributed by atoms with Crippen molar-refractivity contribution < 1.29 is 9.90 Å². The van der Waals surface area contributed by atoms with Crippen molar-refractivity contribution in [3.63, 3.8) is 0 Å². The molecule has 1 aliphatic rings. The quantitative estimate of drug-likeness (QED) is 0.556. The van der Waals surface area contributed by atoms with Gasteiger partial charge in [0.05, 0.1) is 16.6 Å². The van der Waals surface area contributed by atoms with Crippen LogP contribution in [0.4, 0.5) is 11.6 Å². The van der Waals surface area contributed by atoms with Gasteiger partial charge < -0.3 is 15.0 Å². The van der Waals surface area contributed by atoms with Crippen molar-refractivity contribution in [2.75, 3.05) is 5.32 Å². The summed E-state index contributed by atoms with van der Waals surface area (Å²) < 4.78 is 2.29. The van der Waals surface area contributed by atoms with Gasteiger partial charge in [-0.25, -0.2) is 9.78 Å². The van der Waals surface area contributed by atoms with E-state index in [1.165, 1.54) is 12.0 Å². The average Bonchev–Trinajstić information content (AvgIpc) is 3.04.